The van der Waals surface area contributed by atoms with Gasteiger partial charge in [0.05, 0.1) is 24.8 Å². The number of hydrogen-bond acceptors (Lipinski definition) is 6. The molecular formula is C27H32N2O5. The van der Waals surface area contributed by atoms with E-state index in [0.29, 0.717) is 24.5 Å². The summed E-state index contributed by atoms with van der Waals surface area (Å²) >= 11 is 0. The largest absolute Gasteiger partial charge is 0.503 e. The lowest BCUT2D eigenvalue weighted by Gasteiger charge is -2.28. The lowest BCUT2D eigenvalue weighted by Crippen LogP contribution is -2.40. The number of aryl methyl sites for hydroxylation is 1. The molecule has 2 aromatic rings. The fraction of sp³-hybridized carbons (Fsp3) is 0.407. The van der Waals surface area contributed by atoms with Gasteiger partial charge in [0, 0.05) is 31.7 Å². The van der Waals surface area contributed by atoms with E-state index in [9.17, 15) is 14.7 Å². The van der Waals surface area contributed by atoms with Crippen LogP contribution >= 0.6 is 0 Å². The van der Waals surface area contributed by atoms with Crippen LogP contribution in [-0.4, -0.2) is 72.0 Å². The van der Waals surface area contributed by atoms with E-state index in [4.69, 9.17) is 9.47 Å². The zero-order chi connectivity index (χ0) is 24.1. The van der Waals surface area contributed by atoms with E-state index in [1.54, 1.807) is 30.0 Å². The van der Waals surface area contributed by atoms with Crippen LogP contribution in [0.5, 0.6) is 5.75 Å². The molecule has 34 heavy (non-hydrogen) atoms. The Kier molecular flexibility index (Phi) is 7.65. The average Bonchev–Trinajstić information content (AvgIpc) is 3.07. The second-order valence-electron chi connectivity index (χ2n) is 8.83. The number of aliphatic hydroxyl groups is 1. The molecule has 2 heterocycles. The van der Waals surface area contributed by atoms with Gasteiger partial charge < -0.3 is 19.5 Å². The van der Waals surface area contributed by atoms with Gasteiger partial charge in [-0.05, 0) is 49.6 Å². The van der Waals surface area contributed by atoms with Gasteiger partial charge >= 0.3 is 0 Å². The Hall–Kier alpha value is -3.16. The first-order valence-corrected chi connectivity index (χ1v) is 11.8. The molecule has 180 valence electrons. The molecule has 1 unspecified atom stereocenters. The van der Waals surface area contributed by atoms with E-state index < -0.39 is 17.7 Å². The van der Waals surface area contributed by atoms with Gasteiger partial charge in [-0.2, -0.15) is 0 Å². The maximum Gasteiger partial charge on any atom is 0.289 e. The van der Waals surface area contributed by atoms with Crippen molar-refractivity contribution < 1.29 is 24.2 Å². The Morgan fingerprint density at radius 2 is 1.85 bits per heavy atom. The summed E-state index contributed by atoms with van der Waals surface area (Å²) in [5.41, 5.74) is 2.47. The number of benzene rings is 2. The summed E-state index contributed by atoms with van der Waals surface area (Å²) in [6, 6.07) is 14.6. The van der Waals surface area contributed by atoms with E-state index in [1.165, 1.54) is 0 Å². The molecule has 4 rings (SSSR count). The van der Waals surface area contributed by atoms with Crippen LogP contribution in [-0.2, 0) is 16.1 Å². The standard InChI is InChI=1S/C27H32N2O5/c1-19-17-22(9-10-23(19)34-18-21-7-4-3-5-8-21)25(30)24-20(2)29(27(32)26(24)31)12-6-11-28-13-15-33-16-14-28/h3-5,7-10,17,20,31H,6,11-16,18H2,1-2H3. The van der Waals surface area contributed by atoms with Gasteiger partial charge in [0.2, 0.25) is 0 Å². The monoisotopic (exact) mass is 464 g/mol. The minimum absolute atomic E-state index is 0.161. The van der Waals surface area contributed by atoms with Crippen molar-refractivity contribution in [2.24, 2.45) is 0 Å². The van der Waals surface area contributed by atoms with Crippen molar-refractivity contribution >= 4 is 11.7 Å². The molecule has 0 radical (unpaired) electrons. The van der Waals surface area contributed by atoms with Gasteiger partial charge in [-0.1, -0.05) is 30.3 Å². The smallest absolute Gasteiger partial charge is 0.289 e. The number of Topliss-reactive ketones (excluding diaryl/α,β-unsaturated/α-hetero) is 1. The zero-order valence-electron chi connectivity index (χ0n) is 19.8. The molecule has 2 aliphatic rings. The Bertz CT molecular complexity index is 1060. The Balaban J connectivity index is 1.39. The first kappa shape index (κ1) is 24.0. The fourth-order valence-corrected chi connectivity index (χ4v) is 4.51. The SMILES string of the molecule is Cc1cc(C(=O)C2=C(O)C(=O)N(CCCN3CCOCC3)C2C)ccc1OCc1ccccc1. The highest BCUT2D eigenvalue weighted by molar-refractivity contribution is 6.16. The number of amides is 1. The second kappa shape index (κ2) is 10.8. The number of ether oxygens (including phenoxy) is 2. The van der Waals surface area contributed by atoms with Crippen molar-refractivity contribution in [1.29, 1.82) is 0 Å². The van der Waals surface area contributed by atoms with Gasteiger partial charge in [0.25, 0.3) is 5.91 Å². The number of carbonyl (C=O) groups excluding carboxylic acids is 2. The minimum atomic E-state index is -0.475. The molecule has 0 aliphatic carbocycles. The molecule has 2 aliphatic heterocycles. The average molecular weight is 465 g/mol. The van der Waals surface area contributed by atoms with Crippen LogP contribution in [0.3, 0.4) is 0 Å². The van der Waals surface area contributed by atoms with Gasteiger partial charge in [-0.15, -0.1) is 0 Å². The topological polar surface area (TPSA) is 79.3 Å². The molecule has 1 saturated heterocycles. The molecule has 0 spiro atoms. The highest BCUT2D eigenvalue weighted by atomic mass is 16.5. The zero-order valence-corrected chi connectivity index (χ0v) is 19.8. The van der Waals surface area contributed by atoms with Crippen molar-refractivity contribution in [3.05, 3.63) is 76.6 Å². The molecule has 0 saturated carbocycles. The number of nitrogens with zero attached hydrogens (tertiary/aromatic N) is 2. The van der Waals surface area contributed by atoms with Crippen LogP contribution in [0, 0.1) is 6.92 Å². The molecule has 1 N–H and O–H groups in total. The molecule has 2 aromatic carbocycles. The Morgan fingerprint density at radius 3 is 2.56 bits per heavy atom. The summed E-state index contributed by atoms with van der Waals surface area (Å²) in [4.78, 5) is 29.9. The highest BCUT2D eigenvalue weighted by Gasteiger charge is 2.40. The van der Waals surface area contributed by atoms with Gasteiger partial charge in [0.15, 0.2) is 11.5 Å². The molecule has 1 atom stereocenters. The summed E-state index contributed by atoms with van der Waals surface area (Å²) in [6.45, 7) is 8.70. The van der Waals surface area contributed by atoms with E-state index in [2.05, 4.69) is 4.90 Å². The minimum Gasteiger partial charge on any atom is -0.503 e. The highest BCUT2D eigenvalue weighted by Crippen LogP contribution is 2.29. The van der Waals surface area contributed by atoms with Crippen molar-refractivity contribution in [1.82, 2.24) is 9.80 Å². The molecule has 0 bridgehead atoms. The summed E-state index contributed by atoms with van der Waals surface area (Å²) in [5.74, 6) is -0.547. The lowest BCUT2D eigenvalue weighted by atomic mass is 9.97. The number of rotatable bonds is 9. The first-order valence-electron chi connectivity index (χ1n) is 11.8. The Morgan fingerprint density at radius 1 is 1.12 bits per heavy atom. The van der Waals surface area contributed by atoms with E-state index in [0.717, 1.165) is 50.4 Å². The molecular weight excluding hydrogens is 432 g/mol. The second-order valence-corrected chi connectivity index (χ2v) is 8.83. The van der Waals surface area contributed by atoms with Crippen LogP contribution in [0.15, 0.2) is 59.9 Å². The van der Waals surface area contributed by atoms with Crippen molar-refractivity contribution in [2.75, 3.05) is 39.4 Å². The number of hydrogen-bond donors (Lipinski definition) is 1. The maximum atomic E-state index is 13.3. The summed E-state index contributed by atoms with van der Waals surface area (Å²) < 4.78 is 11.3. The van der Waals surface area contributed by atoms with E-state index >= 15 is 0 Å². The molecule has 7 nitrogen and oxygen atoms in total. The van der Waals surface area contributed by atoms with Crippen LogP contribution in [0.1, 0.15) is 34.8 Å². The predicted octanol–water partition coefficient (Wildman–Crippen LogP) is 3.52. The molecule has 1 fully saturated rings. The van der Waals surface area contributed by atoms with Crippen LogP contribution in [0.2, 0.25) is 0 Å². The van der Waals surface area contributed by atoms with E-state index in [-0.39, 0.29) is 11.4 Å². The van der Waals surface area contributed by atoms with Crippen molar-refractivity contribution in [2.45, 2.75) is 32.9 Å². The quantitative estimate of drug-likeness (QED) is 0.572. The van der Waals surface area contributed by atoms with Gasteiger partial charge in [-0.25, -0.2) is 0 Å². The number of morpholine rings is 1. The lowest BCUT2D eigenvalue weighted by molar-refractivity contribution is -0.129. The number of aliphatic hydroxyl groups excluding tert-OH is 1. The normalized spacial score (nSPS) is 19.1. The summed E-state index contributed by atoms with van der Waals surface area (Å²) in [5, 5.41) is 10.5. The molecule has 0 aromatic heterocycles. The summed E-state index contributed by atoms with van der Waals surface area (Å²) in [7, 11) is 0. The van der Waals surface area contributed by atoms with Gasteiger partial charge in [0.1, 0.15) is 12.4 Å². The van der Waals surface area contributed by atoms with Crippen LogP contribution in [0.25, 0.3) is 0 Å². The van der Waals surface area contributed by atoms with Crippen molar-refractivity contribution in [3.8, 4) is 5.75 Å². The van der Waals surface area contributed by atoms with E-state index in [1.807, 2.05) is 37.3 Å². The third-order valence-corrected chi connectivity index (χ3v) is 6.50. The summed E-state index contributed by atoms with van der Waals surface area (Å²) in [6.07, 6.45) is 0.775. The maximum absolute atomic E-state index is 13.3. The molecule has 7 heteroatoms. The Labute approximate surface area is 200 Å². The predicted molar refractivity (Wildman–Crippen MR) is 129 cm³/mol. The van der Waals surface area contributed by atoms with Crippen molar-refractivity contribution in [3.63, 3.8) is 0 Å². The van der Waals surface area contributed by atoms with Crippen LogP contribution in [0.4, 0.5) is 0 Å². The number of carbonyl (C=O) groups is 2. The third kappa shape index (κ3) is 5.32. The fourth-order valence-electron chi connectivity index (χ4n) is 4.51. The number of ketones is 1. The van der Waals surface area contributed by atoms with Gasteiger partial charge in [-0.3, -0.25) is 14.5 Å². The third-order valence-electron chi connectivity index (χ3n) is 6.50. The molecule has 1 amide bonds. The first-order chi connectivity index (χ1) is 16.5. The van der Waals surface area contributed by atoms with Crippen LogP contribution < -0.4 is 4.74 Å².